The van der Waals surface area contributed by atoms with Gasteiger partial charge in [0.25, 0.3) is 0 Å². The van der Waals surface area contributed by atoms with Crippen molar-refractivity contribution in [2.24, 2.45) is 0 Å². The third-order valence-corrected chi connectivity index (χ3v) is 3.50. The molecule has 0 radical (unpaired) electrons. The molecule has 17 heavy (non-hydrogen) atoms. The van der Waals surface area contributed by atoms with Crippen LogP contribution in [-0.4, -0.2) is 4.98 Å². The van der Waals surface area contributed by atoms with Crippen molar-refractivity contribution in [2.45, 2.75) is 6.92 Å². The van der Waals surface area contributed by atoms with Gasteiger partial charge in [-0.05, 0) is 52.7 Å². The molecule has 2 aromatic rings. The van der Waals surface area contributed by atoms with Crippen LogP contribution in [0.15, 0.2) is 34.9 Å². The molecule has 0 spiro atoms. The van der Waals surface area contributed by atoms with E-state index in [1.807, 2.05) is 13.0 Å². The molecule has 2 rings (SSSR count). The summed E-state index contributed by atoms with van der Waals surface area (Å²) in [6.45, 7) is 1.94. The van der Waals surface area contributed by atoms with Crippen LogP contribution in [0, 0.1) is 12.7 Å². The Hall–Kier alpha value is -1.13. The predicted molar refractivity (Wildman–Crippen MR) is 71.4 cm³/mol. The Kier molecular flexibility index (Phi) is 3.64. The van der Waals surface area contributed by atoms with Gasteiger partial charge in [-0.2, -0.15) is 0 Å². The molecule has 2 nitrogen and oxygen atoms in total. The Balaban J connectivity index is 2.35. The van der Waals surface area contributed by atoms with Crippen molar-refractivity contribution in [1.29, 1.82) is 0 Å². The van der Waals surface area contributed by atoms with E-state index >= 15 is 0 Å². The second-order valence-corrected chi connectivity index (χ2v) is 4.77. The largest absolute Gasteiger partial charge is 0.337 e. The summed E-state index contributed by atoms with van der Waals surface area (Å²) in [6, 6.07) is 6.33. The number of halogens is 3. The lowest BCUT2D eigenvalue weighted by Crippen LogP contribution is -1.98. The molecule has 1 aromatic heterocycles. The summed E-state index contributed by atoms with van der Waals surface area (Å²) >= 11 is 9.09. The van der Waals surface area contributed by atoms with E-state index in [0.29, 0.717) is 16.5 Å². The number of hydrogen-bond acceptors (Lipinski definition) is 2. The second kappa shape index (κ2) is 5.02. The number of aryl methyl sites for hydroxylation is 1. The van der Waals surface area contributed by atoms with Crippen molar-refractivity contribution < 1.29 is 4.39 Å². The minimum Gasteiger partial charge on any atom is -0.337 e. The fourth-order valence-corrected chi connectivity index (χ4v) is 1.84. The summed E-state index contributed by atoms with van der Waals surface area (Å²) in [4.78, 5) is 4.14. The van der Waals surface area contributed by atoms with E-state index in [1.54, 1.807) is 18.3 Å². The first-order chi connectivity index (χ1) is 8.08. The highest BCUT2D eigenvalue weighted by atomic mass is 79.9. The minimum atomic E-state index is -0.410. The van der Waals surface area contributed by atoms with Crippen molar-refractivity contribution in [2.75, 3.05) is 5.32 Å². The molecule has 0 saturated heterocycles. The van der Waals surface area contributed by atoms with E-state index in [4.69, 9.17) is 11.6 Å². The molecule has 0 aliphatic rings. The molecule has 1 N–H and O–H groups in total. The summed E-state index contributed by atoms with van der Waals surface area (Å²) in [6.07, 6.45) is 1.66. The first kappa shape index (κ1) is 12.3. The van der Waals surface area contributed by atoms with Crippen molar-refractivity contribution in [3.63, 3.8) is 0 Å². The van der Waals surface area contributed by atoms with E-state index in [0.717, 1.165) is 10.0 Å². The minimum absolute atomic E-state index is 0.341. The van der Waals surface area contributed by atoms with Crippen LogP contribution < -0.4 is 5.32 Å². The summed E-state index contributed by atoms with van der Waals surface area (Å²) in [5, 5.41) is 3.28. The summed E-state index contributed by atoms with van der Waals surface area (Å²) in [5.41, 5.74) is 1.37. The molecule has 0 saturated carbocycles. The zero-order valence-electron chi connectivity index (χ0n) is 8.97. The fraction of sp³-hybridized carbons (Fsp3) is 0.0833. The molecule has 1 heterocycles. The van der Waals surface area contributed by atoms with Crippen LogP contribution in [0.4, 0.5) is 15.9 Å². The fourth-order valence-electron chi connectivity index (χ4n) is 1.35. The molecule has 5 heteroatoms. The van der Waals surface area contributed by atoms with Crippen LogP contribution in [0.1, 0.15) is 5.56 Å². The zero-order chi connectivity index (χ0) is 12.4. The molecule has 0 fully saturated rings. The molecule has 0 unspecified atom stereocenters. The number of nitrogens with one attached hydrogen (secondary N) is 1. The number of pyridine rings is 1. The van der Waals surface area contributed by atoms with Crippen LogP contribution >= 0.6 is 27.5 Å². The molecular weight excluding hydrogens is 307 g/mol. The van der Waals surface area contributed by atoms with E-state index in [1.165, 1.54) is 6.07 Å². The monoisotopic (exact) mass is 314 g/mol. The van der Waals surface area contributed by atoms with Crippen molar-refractivity contribution >= 4 is 39.0 Å². The Bertz CT molecular complexity index is 560. The highest BCUT2D eigenvalue weighted by molar-refractivity contribution is 9.10. The van der Waals surface area contributed by atoms with Crippen LogP contribution in [-0.2, 0) is 0 Å². The Labute approximate surface area is 112 Å². The molecule has 0 amide bonds. The van der Waals surface area contributed by atoms with E-state index in [9.17, 15) is 4.39 Å². The standard InChI is InChI=1S/C12H9BrClFN2/c1-7-4-5-16-12(11(7)13)17-10-3-2-8(14)6-9(10)15/h2-6H,1H3,(H,16,17). The Morgan fingerprint density at radius 3 is 2.82 bits per heavy atom. The average molecular weight is 316 g/mol. The lowest BCUT2D eigenvalue weighted by Gasteiger charge is -2.09. The Morgan fingerprint density at radius 1 is 1.35 bits per heavy atom. The molecule has 1 aromatic carbocycles. The maximum atomic E-state index is 13.6. The van der Waals surface area contributed by atoms with Gasteiger partial charge in [-0.25, -0.2) is 9.37 Å². The van der Waals surface area contributed by atoms with Gasteiger partial charge in [-0.15, -0.1) is 0 Å². The van der Waals surface area contributed by atoms with Gasteiger partial charge < -0.3 is 5.32 Å². The van der Waals surface area contributed by atoms with Gasteiger partial charge in [0.15, 0.2) is 0 Å². The summed E-state index contributed by atoms with van der Waals surface area (Å²) < 4.78 is 14.4. The van der Waals surface area contributed by atoms with Gasteiger partial charge in [-0.1, -0.05) is 11.6 Å². The zero-order valence-corrected chi connectivity index (χ0v) is 11.3. The van der Waals surface area contributed by atoms with E-state index in [-0.39, 0.29) is 0 Å². The molecular formula is C12H9BrClFN2. The van der Waals surface area contributed by atoms with E-state index in [2.05, 4.69) is 26.2 Å². The number of nitrogens with zero attached hydrogens (tertiary/aromatic N) is 1. The van der Waals surface area contributed by atoms with Gasteiger partial charge in [-0.3, -0.25) is 0 Å². The quantitative estimate of drug-likeness (QED) is 0.869. The summed E-state index contributed by atoms with van der Waals surface area (Å²) in [7, 11) is 0. The third kappa shape index (κ3) is 2.76. The highest BCUT2D eigenvalue weighted by Gasteiger charge is 2.07. The topological polar surface area (TPSA) is 24.9 Å². The van der Waals surface area contributed by atoms with E-state index < -0.39 is 5.82 Å². The molecule has 0 aliphatic heterocycles. The summed E-state index contributed by atoms with van der Waals surface area (Å²) in [5.74, 6) is 0.166. The smallest absolute Gasteiger partial charge is 0.148 e. The van der Waals surface area contributed by atoms with Gasteiger partial charge in [0, 0.05) is 11.2 Å². The number of hydrogen-bond donors (Lipinski definition) is 1. The normalized spacial score (nSPS) is 10.4. The predicted octanol–water partition coefficient (Wildman–Crippen LogP) is 4.69. The third-order valence-electron chi connectivity index (χ3n) is 2.27. The lowest BCUT2D eigenvalue weighted by atomic mass is 10.2. The molecule has 0 bridgehead atoms. The van der Waals surface area contributed by atoms with Crippen molar-refractivity contribution in [1.82, 2.24) is 4.98 Å². The number of anilines is 2. The maximum Gasteiger partial charge on any atom is 0.148 e. The van der Waals surface area contributed by atoms with Crippen LogP contribution in [0.25, 0.3) is 0 Å². The lowest BCUT2D eigenvalue weighted by molar-refractivity contribution is 0.632. The molecule has 0 atom stereocenters. The van der Waals surface area contributed by atoms with Crippen LogP contribution in [0.2, 0.25) is 5.02 Å². The number of benzene rings is 1. The molecule has 0 aliphatic carbocycles. The SMILES string of the molecule is Cc1ccnc(Nc2ccc(Cl)cc2F)c1Br. The van der Waals surface area contributed by atoms with Gasteiger partial charge in [0.05, 0.1) is 10.2 Å². The molecule has 88 valence electrons. The number of rotatable bonds is 2. The average Bonchev–Trinajstić information content (AvgIpc) is 2.28. The van der Waals surface area contributed by atoms with Gasteiger partial charge >= 0.3 is 0 Å². The Morgan fingerprint density at radius 2 is 2.12 bits per heavy atom. The highest BCUT2D eigenvalue weighted by Crippen LogP contribution is 2.28. The number of aromatic nitrogens is 1. The van der Waals surface area contributed by atoms with Gasteiger partial charge in [0.1, 0.15) is 11.6 Å². The first-order valence-electron chi connectivity index (χ1n) is 4.91. The first-order valence-corrected chi connectivity index (χ1v) is 6.08. The van der Waals surface area contributed by atoms with Crippen molar-refractivity contribution in [3.8, 4) is 0 Å². The maximum absolute atomic E-state index is 13.6. The van der Waals surface area contributed by atoms with Crippen LogP contribution in [0.5, 0.6) is 0 Å². The van der Waals surface area contributed by atoms with Gasteiger partial charge in [0.2, 0.25) is 0 Å². The van der Waals surface area contributed by atoms with Crippen molar-refractivity contribution in [3.05, 3.63) is 51.3 Å². The second-order valence-electron chi connectivity index (χ2n) is 3.54. The van der Waals surface area contributed by atoms with Crippen LogP contribution in [0.3, 0.4) is 0 Å².